The van der Waals surface area contributed by atoms with E-state index in [-0.39, 0.29) is 29.6 Å². The minimum Gasteiger partial charge on any atom is -0.322 e. The zero-order valence-corrected chi connectivity index (χ0v) is 21.1. The third-order valence-corrected chi connectivity index (χ3v) is 8.60. The van der Waals surface area contributed by atoms with Gasteiger partial charge in [-0.15, -0.1) is 0 Å². The number of carbonyl (C=O) groups is 3. The Morgan fingerprint density at radius 1 is 0.658 bits per heavy atom. The van der Waals surface area contributed by atoms with Crippen molar-refractivity contribution in [3.8, 4) is 0 Å². The number of carbonyl (C=O) groups excluding carboxylic acids is 3. The molecule has 1 heterocycles. The van der Waals surface area contributed by atoms with Gasteiger partial charge in [0.2, 0.25) is 11.8 Å². The lowest BCUT2D eigenvalue weighted by molar-refractivity contribution is -0.122. The van der Waals surface area contributed by atoms with Crippen LogP contribution in [-0.2, 0) is 9.59 Å². The van der Waals surface area contributed by atoms with Gasteiger partial charge in [-0.2, -0.15) is 0 Å². The molecule has 2 bridgehead atoms. The molecule has 1 aliphatic heterocycles. The summed E-state index contributed by atoms with van der Waals surface area (Å²) in [6.07, 6.45) is 0. The third kappa shape index (κ3) is 3.08. The molecule has 3 aliphatic carbocycles. The molecule has 1 saturated heterocycles. The first-order chi connectivity index (χ1) is 18.5. The number of imide groups is 1. The fourth-order valence-electron chi connectivity index (χ4n) is 6.79. The van der Waals surface area contributed by atoms with Crippen LogP contribution in [0.1, 0.15) is 55.6 Å². The molecule has 1 N–H and O–H groups in total. The Morgan fingerprint density at radius 3 is 1.68 bits per heavy atom. The molecule has 8 rings (SSSR count). The van der Waals surface area contributed by atoms with Crippen molar-refractivity contribution in [2.75, 3.05) is 10.2 Å². The maximum atomic E-state index is 14.1. The summed E-state index contributed by atoms with van der Waals surface area (Å²) in [5.74, 6) is -2.17. The van der Waals surface area contributed by atoms with Gasteiger partial charge in [-0.05, 0) is 71.5 Å². The van der Waals surface area contributed by atoms with Crippen molar-refractivity contribution in [3.05, 3.63) is 130 Å². The number of benzene rings is 4. The van der Waals surface area contributed by atoms with Crippen LogP contribution in [0.3, 0.4) is 0 Å². The maximum absolute atomic E-state index is 14.1. The number of nitrogens with zero attached hydrogens (tertiary/aromatic N) is 1. The molecule has 4 aliphatic rings. The van der Waals surface area contributed by atoms with Crippen LogP contribution in [0, 0.1) is 25.7 Å². The molecule has 1 fully saturated rings. The van der Waals surface area contributed by atoms with Crippen LogP contribution in [0.15, 0.2) is 91.0 Å². The van der Waals surface area contributed by atoms with E-state index < -0.39 is 11.8 Å². The smallest absolute Gasteiger partial charge is 0.257 e. The number of aryl methyl sites for hydroxylation is 2. The molecule has 2 atom stereocenters. The Hall–Kier alpha value is -4.51. The van der Waals surface area contributed by atoms with Crippen LogP contribution in [0.2, 0.25) is 0 Å². The van der Waals surface area contributed by atoms with Gasteiger partial charge in [-0.1, -0.05) is 66.7 Å². The first kappa shape index (κ1) is 22.7. The van der Waals surface area contributed by atoms with Crippen LogP contribution in [0.4, 0.5) is 11.4 Å². The van der Waals surface area contributed by atoms with Gasteiger partial charge in [0.25, 0.3) is 5.91 Å². The van der Waals surface area contributed by atoms with Gasteiger partial charge in [0.15, 0.2) is 0 Å². The molecule has 186 valence electrons. The summed E-state index contributed by atoms with van der Waals surface area (Å²) in [5.41, 5.74) is 8.02. The molecule has 0 unspecified atom stereocenters. The Kier molecular flexibility index (Phi) is 4.92. The molecule has 4 aromatic carbocycles. The van der Waals surface area contributed by atoms with E-state index in [4.69, 9.17) is 0 Å². The Balaban J connectivity index is 1.30. The SMILES string of the molecule is Cc1ccc(NC(=O)c2ccccc2N2C(=O)[C@@H]3C4c5ccccc5C(c5ccccc54)[C@H]3C2=O)cc1C. The standard InChI is InChI=1S/C33H26N2O3/c1-18-15-16-20(17-19(18)2)34-31(36)25-13-7-8-14-26(25)35-32(37)29-27-21-9-3-4-10-22(21)28(30(29)33(35)38)24-12-6-5-11-23(24)27/h3-17,27-30H,1-2H3,(H,34,36)/t27?,28?,29-,30-/m1/s1. The summed E-state index contributed by atoms with van der Waals surface area (Å²) < 4.78 is 0. The first-order valence-corrected chi connectivity index (χ1v) is 13.0. The molecular weight excluding hydrogens is 472 g/mol. The number of amides is 3. The average Bonchev–Trinajstić information content (AvgIpc) is 3.21. The maximum Gasteiger partial charge on any atom is 0.257 e. The monoisotopic (exact) mass is 498 g/mol. The normalized spacial score (nSPS) is 22.6. The second-order valence-corrected chi connectivity index (χ2v) is 10.5. The molecule has 5 heteroatoms. The van der Waals surface area contributed by atoms with E-state index in [1.165, 1.54) is 4.90 Å². The van der Waals surface area contributed by atoms with Crippen molar-refractivity contribution < 1.29 is 14.4 Å². The summed E-state index contributed by atoms with van der Waals surface area (Å²) in [5, 5.41) is 2.95. The number of rotatable bonds is 3. The van der Waals surface area contributed by atoms with Gasteiger partial charge in [0.1, 0.15) is 0 Å². The van der Waals surface area contributed by atoms with Crippen molar-refractivity contribution in [1.82, 2.24) is 0 Å². The zero-order valence-electron chi connectivity index (χ0n) is 21.1. The molecular formula is C33H26N2O3. The van der Waals surface area contributed by atoms with Crippen molar-refractivity contribution in [1.29, 1.82) is 0 Å². The molecule has 5 nitrogen and oxygen atoms in total. The van der Waals surface area contributed by atoms with Crippen LogP contribution >= 0.6 is 0 Å². The van der Waals surface area contributed by atoms with E-state index in [0.717, 1.165) is 33.4 Å². The summed E-state index contributed by atoms with van der Waals surface area (Å²) in [6, 6.07) is 29.0. The van der Waals surface area contributed by atoms with Crippen molar-refractivity contribution >= 4 is 29.1 Å². The van der Waals surface area contributed by atoms with Crippen molar-refractivity contribution in [3.63, 3.8) is 0 Å². The molecule has 0 radical (unpaired) electrons. The summed E-state index contributed by atoms with van der Waals surface area (Å²) >= 11 is 0. The minimum atomic E-state index is -0.492. The van der Waals surface area contributed by atoms with E-state index in [0.29, 0.717) is 16.9 Å². The first-order valence-electron chi connectivity index (χ1n) is 13.0. The van der Waals surface area contributed by atoms with Gasteiger partial charge >= 0.3 is 0 Å². The van der Waals surface area contributed by atoms with E-state index in [1.54, 1.807) is 24.3 Å². The second kappa shape index (κ2) is 8.25. The fraction of sp³-hybridized carbons (Fsp3) is 0.182. The van der Waals surface area contributed by atoms with Crippen molar-refractivity contribution in [2.24, 2.45) is 11.8 Å². The number of anilines is 2. The largest absolute Gasteiger partial charge is 0.322 e. The summed E-state index contributed by atoms with van der Waals surface area (Å²) in [4.78, 5) is 43.0. The molecule has 0 spiro atoms. The number of para-hydroxylation sites is 1. The number of hydrogen-bond donors (Lipinski definition) is 1. The van der Waals surface area contributed by atoms with Gasteiger partial charge in [0.05, 0.1) is 23.1 Å². The molecule has 0 aromatic heterocycles. The zero-order chi connectivity index (χ0) is 26.1. The predicted octanol–water partition coefficient (Wildman–Crippen LogP) is 5.95. The van der Waals surface area contributed by atoms with E-state index >= 15 is 0 Å². The topological polar surface area (TPSA) is 66.5 Å². The number of nitrogens with one attached hydrogen (secondary N) is 1. The second-order valence-electron chi connectivity index (χ2n) is 10.5. The van der Waals surface area contributed by atoms with Gasteiger partial charge in [0, 0.05) is 17.5 Å². The van der Waals surface area contributed by atoms with Gasteiger partial charge in [-0.25, -0.2) is 4.90 Å². The van der Waals surface area contributed by atoms with E-state index in [1.807, 2.05) is 56.3 Å². The average molecular weight is 499 g/mol. The van der Waals surface area contributed by atoms with Gasteiger partial charge < -0.3 is 5.32 Å². The molecule has 38 heavy (non-hydrogen) atoms. The van der Waals surface area contributed by atoms with Crippen molar-refractivity contribution in [2.45, 2.75) is 25.7 Å². The van der Waals surface area contributed by atoms with Crippen LogP contribution in [0.25, 0.3) is 0 Å². The predicted molar refractivity (Wildman–Crippen MR) is 146 cm³/mol. The Labute approximate surface area is 221 Å². The third-order valence-electron chi connectivity index (χ3n) is 8.60. The highest BCUT2D eigenvalue weighted by Crippen LogP contribution is 2.61. The minimum absolute atomic E-state index is 0.185. The Bertz CT molecular complexity index is 1560. The van der Waals surface area contributed by atoms with Crippen LogP contribution in [0.5, 0.6) is 0 Å². The van der Waals surface area contributed by atoms with Crippen LogP contribution < -0.4 is 10.2 Å². The van der Waals surface area contributed by atoms with E-state index in [2.05, 4.69) is 29.6 Å². The van der Waals surface area contributed by atoms with Crippen LogP contribution in [-0.4, -0.2) is 17.7 Å². The van der Waals surface area contributed by atoms with E-state index in [9.17, 15) is 14.4 Å². The lowest BCUT2D eigenvalue weighted by Gasteiger charge is -2.45. The molecule has 4 aromatic rings. The lowest BCUT2D eigenvalue weighted by atomic mass is 9.55. The highest BCUT2D eigenvalue weighted by atomic mass is 16.2. The molecule has 3 amide bonds. The van der Waals surface area contributed by atoms with Gasteiger partial charge in [-0.3, -0.25) is 14.4 Å². The quantitative estimate of drug-likeness (QED) is 0.355. The fourth-order valence-corrected chi connectivity index (χ4v) is 6.79. The molecule has 0 saturated carbocycles. The Morgan fingerprint density at radius 2 is 1.16 bits per heavy atom. The summed E-state index contributed by atoms with van der Waals surface area (Å²) in [6.45, 7) is 4.01. The summed E-state index contributed by atoms with van der Waals surface area (Å²) in [7, 11) is 0. The number of hydrogen-bond acceptors (Lipinski definition) is 3. The highest BCUT2D eigenvalue weighted by Gasteiger charge is 2.62. The highest BCUT2D eigenvalue weighted by molar-refractivity contribution is 6.26. The lowest BCUT2D eigenvalue weighted by Crippen LogP contribution is -2.41.